The highest BCUT2D eigenvalue weighted by Gasteiger charge is 2.33. The molecule has 1 aromatic rings. The van der Waals surface area contributed by atoms with E-state index in [4.69, 9.17) is 5.11 Å². The molecule has 0 aromatic carbocycles. The van der Waals surface area contributed by atoms with Crippen molar-refractivity contribution < 1.29 is 23.1 Å². The Balaban J connectivity index is 2.84. The fourth-order valence-corrected chi connectivity index (χ4v) is 1.43. The molecule has 5 nitrogen and oxygen atoms in total. The highest BCUT2D eigenvalue weighted by atomic mass is 19.4. The van der Waals surface area contributed by atoms with Crippen LogP contribution >= 0.6 is 0 Å². The number of halogens is 3. The summed E-state index contributed by atoms with van der Waals surface area (Å²) in [5.74, 6) is -1.26. The second kappa shape index (κ2) is 6.53. The molecule has 1 aromatic heterocycles. The fourth-order valence-electron chi connectivity index (χ4n) is 1.43. The van der Waals surface area contributed by atoms with Crippen molar-refractivity contribution in [1.82, 2.24) is 9.97 Å². The van der Waals surface area contributed by atoms with E-state index >= 15 is 0 Å². The van der Waals surface area contributed by atoms with Crippen LogP contribution in [0.15, 0.2) is 6.07 Å². The summed E-state index contributed by atoms with van der Waals surface area (Å²) < 4.78 is 38.1. The first-order valence-electron chi connectivity index (χ1n) is 6.12. The summed E-state index contributed by atoms with van der Waals surface area (Å²) in [7, 11) is 0. The Morgan fingerprint density at radius 3 is 2.55 bits per heavy atom. The van der Waals surface area contributed by atoms with Gasteiger partial charge in [-0.3, -0.25) is 4.79 Å². The van der Waals surface area contributed by atoms with Gasteiger partial charge < -0.3 is 10.4 Å². The van der Waals surface area contributed by atoms with Crippen LogP contribution < -0.4 is 5.32 Å². The highest BCUT2D eigenvalue weighted by Crippen LogP contribution is 2.29. The van der Waals surface area contributed by atoms with Crippen LogP contribution in [-0.2, 0) is 11.0 Å². The fraction of sp³-hybridized carbons (Fsp3) is 0.583. The SMILES string of the molecule is CC(C)c1cc(C(F)(F)F)nc(NCCCC(=O)O)n1. The summed E-state index contributed by atoms with van der Waals surface area (Å²) >= 11 is 0. The second-order valence-electron chi connectivity index (χ2n) is 4.58. The van der Waals surface area contributed by atoms with Gasteiger partial charge in [0, 0.05) is 18.7 Å². The van der Waals surface area contributed by atoms with Gasteiger partial charge in [-0.15, -0.1) is 0 Å². The van der Waals surface area contributed by atoms with E-state index in [1.807, 2.05) is 0 Å². The van der Waals surface area contributed by atoms with Crippen molar-refractivity contribution in [2.45, 2.75) is 38.8 Å². The summed E-state index contributed by atoms with van der Waals surface area (Å²) in [5, 5.41) is 11.1. The van der Waals surface area contributed by atoms with Gasteiger partial charge in [0.1, 0.15) is 5.69 Å². The molecule has 112 valence electrons. The first kappa shape index (κ1) is 16.2. The number of alkyl halides is 3. The Morgan fingerprint density at radius 1 is 1.40 bits per heavy atom. The third-order valence-electron chi connectivity index (χ3n) is 2.48. The van der Waals surface area contributed by atoms with Gasteiger partial charge in [0.2, 0.25) is 5.95 Å². The Bertz CT molecular complexity index is 476. The van der Waals surface area contributed by atoms with Crippen molar-refractivity contribution in [3.05, 3.63) is 17.5 Å². The van der Waals surface area contributed by atoms with Crippen LogP contribution in [0.5, 0.6) is 0 Å². The number of hydrogen-bond donors (Lipinski definition) is 2. The Hall–Kier alpha value is -1.86. The smallest absolute Gasteiger partial charge is 0.433 e. The summed E-state index contributed by atoms with van der Waals surface area (Å²) in [6.45, 7) is 3.67. The molecule has 0 atom stereocenters. The zero-order valence-corrected chi connectivity index (χ0v) is 11.2. The summed E-state index contributed by atoms with van der Waals surface area (Å²) in [6, 6.07) is 0.924. The molecule has 0 saturated heterocycles. The van der Waals surface area contributed by atoms with Crippen molar-refractivity contribution in [3.63, 3.8) is 0 Å². The molecule has 0 fully saturated rings. The standard InChI is InChI=1S/C12H16F3N3O2/c1-7(2)8-6-9(12(13,14)15)18-11(17-8)16-5-3-4-10(19)20/h6-7H,3-5H2,1-2H3,(H,19,20)(H,16,17,18). The molecule has 0 saturated carbocycles. The lowest BCUT2D eigenvalue weighted by Crippen LogP contribution is -2.15. The van der Waals surface area contributed by atoms with E-state index in [9.17, 15) is 18.0 Å². The Morgan fingerprint density at radius 2 is 2.05 bits per heavy atom. The molecule has 2 N–H and O–H groups in total. The number of anilines is 1. The van der Waals surface area contributed by atoms with E-state index in [1.54, 1.807) is 13.8 Å². The number of nitrogens with zero attached hydrogens (tertiary/aromatic N) is 2. The van der Waals surface area contributed by atoms with E-state index in [0.29, 0.717) is 0 Å². The minimum atomic E-state index is -4.54. The quantitative estimate of drug-likeness (QED) is 0.788. The molecule has 8 heteroatoms. The van der Waals surface area contributed by atoms with Crippen molar-refractivity contribution >= 4 is 11.9 Å². The molecule has 1 rings (SSSR count). The third-order valence-corrected chi connectivity index (χ3v) is 2.48. The van der Waals surface area contributed by atoms with Gasteiger partial charge in [0.15, 0.2) is 0 Å². The summed E-state index contributed by atoms with van der Waals surface area (Å²) in [4.78, 5) is 17.7. The monoisotopic (exact) mass is 291 g/mol. The van der Waals surface area contributed by atoms with Gasteiger partial charge in [0.25, 0.3) is 0 Å². The van der Waals surface area contributed by atoms with Crippen LogP contribution in [0, 0.1) is 0 Å². The minimum Gasteiger partial charge on any atom is -0.481 e. The zero-order valence-electron chi connectivity index (χ0n) is 11.2. The van der Waals surface area contributed by atoms with Crippen LogP contribution in [0.4, 0.5) is 19.1 Å². The molecule has 0 aliphatic rings. The lowest BCUT2D eigenvalue weighted by Gasteiger charge is -2.13. The lowest BCUT2D eigenvalue weighted by atomic mass is 10.1. The zero-order chi connectivity index (χ0) is 15.3. The number of nitrogens with one attached hydrogen (secondary N) is 1. The van der Waals surface area contributed by atoms with Gasteiger partial charge in [-0.05, 0) is 18.4 Å². The second-order valence-corrected chi connectivity index (χ2v) is 4.58. The van der Waals surface area contributed by atoms with Gasteiger partial charge >= 0.3 is 12.1 Å². The number of rotatable bonds is 6. The minimum absolute atomic E-state index is 0.0665. The molecule has 0 spiro atoms. The van der Waals surface area contributed by atoms with Crippen molar-refractivity contribution in [2.24, 2.45) is 0 Å². The predicted octanol–water partition coefficient (Wildman–Crippen LogP) is 2.90. The molecule has 0 bridgehead atoms. The molecule has 0 amide bonds. The van der Waals surface area contributed by atoms with Crippen LogP contribution in [0.3, 0.4) is 0 Å². The molecule has 1 heterocycles. The van der Waals surface area contributed by atoms with Crippen LogP contribution in [0.2, 0.25) is 0 Å². The largest absolute Gasteiger partial charge is 0.481 e. The first-order valence-corrected chi connectivity index (χ1v) is 6.12. The van der Waals surface area contributed by atoms with Crippen LogP contribution in [0.1, 0.15) is 44.0 Å². The van der Waals surface area contributed by atoms with E-state index in [2.05, 4.69) is 15.3 Å². The molecule has 20 heavy (non-hydrogen) atoms. The van der Waals surface area contributed by atoms with Crippen molar-refractivity contribution in [1.29, 1.82) is 0 Å². The molecular weight excluding hydrogens is 275 g/mol. The maximum Gasteiger partial charge on any atom is 0.433 e. The normalized spacial score (nSPS) is 11.7. The first-order chi connectivity index (χ1) is 9.20. The molecule has 0 aliphatic carbocycles. The summed E-state index contributed by atoms with van der Waals surface area (Å²) in [5.41, 5.74) is -0.718. The highest BCUT2D eigenvalue weighted by molar-refractivity contribution is 5.66. The number of carbonyl (C=O) groups is 1. The number of carboxylic acid groups (broad SMARTS) is 1. The molecular formula is C12H16F3N3O2. The topological polar surface area (TPSA) is 75.1 Å². The maximum atomic E-state index is 12.7. The van der Waals surface area contributed by atoms with Gasteiger partial charge in [0.05, 0.1) is 0 Å². The maximum absolute atomic E-state index is 12.7. The summed E-state index contributed by atoms with van der Waals surface area (Å²) in [6.07, 6.45) is -4.32. The average Bonchev–Trinajstić information content (AvgIpc) is 2.33. The number of carboxylic acids is 1. The molecule has 0 radical (unpaired) electrons. The van der Waals surface area contributed by atoms with Crippen LogP contribution in [0.25, 0.3) is 0 Å². The average molecular weight is 291 g/mol. The molecule has 0 aliphatic heterocycles. The van der Waals surface area contributed by atoms with E-state index in [1.165, 1.54) is 0 Å². The number of aliphatic carboxylic acids is 1. The molecule has 0 unspecified atom stereocenters. The third kappa shape index (κ3) is 5.02. The lowest BCUT2D eigenvalue weighted by molar-refractivity contribution is -0.141. The van der Waals surface area contributed by atoms with Gasteiger partial charge in [-0.1, -0.05) is 13.8 Å². The van der Waals surface area contributed by atoms with E-state index in [-0.39, 0.29) is 36.9 Å². The predicted molar refractivity (Wildman–Crippen MR) is 66.5 cm³/mol. The van der Waals surface area contributed by atoms with E-state index < -0.39 is 17.8 Å². The number of aromatic nitrogens is 2. The Kier molecular flexibility index (Phi) is 5.29. The van der Waals surface area contributed by atoms with Crippen molar-refractivity contribution in [3.8, 4) is 0 Å². The number of hydrogen-bond acceptors (Lipinski definition) is 4. The van der Waals surface area contributed by atoms with Crippen molar-refractivity contribution in [2.75, 3.05) is 11.9 Å². The van der Waals surface area contributed by atoms with Crippen LogP contribution in [-0.4, -0.2) is 27.6 Å². The van der Waals surface area contributed by atoms with Gasteiger partial charge in [-0.2, -0.15) is 13.2 Å². The Labute approximate surface area is 114 Å². The van der Waals surface area contributed by atoms with E-state index in [0.717, 1.165) is 6.07 Å². The van der Waals surface area contributed by atoms with Gasteiger partial charge in [-0.25, -0.2) is 9.97 Å².